The minimum atomic E-state index is -3.74. The lowest BCUT2D eigenvalue weighted by Crippen LogP contribution is -2.37. The molecule has 2 aliphatic rings. The number of nitrogens with one attached hydrogen (secondary N) is 3. The summed E-state index contributed by atoms with van der Waals surface area (Å²) in [4.78, 5) is 30.1. The van der Waals surface area contributed by atoms with E-state index in [0.717, 1.165) is 12.8 Å². The van der Waals surface area contributed by atoms with Crippen molar-refractivity contribution >= 4 is 27.0 Å². The van der Waals surface area contributed by atoms with E-state index in [0.29, 0.717) is 23.6 Å². The van der Waals surface area contributed by atoms with Crippen LogP contribution in [0.4, 0.5) is 0 Å². The van der Waals surface area contributed by atoms with Crippen LogP contribution in [0.3, 0.4) is 0 Å². The Balaban J connectivity index is 1.56. The molecule has 0 bridgehead atoms. The van der Waals surface area contributed by atoms with Crippen molar-refractivity contribution in [1.82, 2.24) is 19.6 Å². The van der Waals surface area contributed by atoms with E-state index in [1.165, 1.54) is 18.2 Å². The number of imidazole rings is 1. The second-order valence-electron chi connectivity index (χ2n) is 6.09. The lowest BCUT2D eigenvalue weighted by molar-refractivity contribution is -0.128. The van der Waals surface area contributed by atoms with Crippen LogP contribution in [-0.4, -0.2) is 47.8 Å². The van der Waals surface area contributed by atoms with Gasteiger partial charge in [-0.15, -0.1) is 0 Å². The maximum Gasteiger partial charge on any atom is 0.323 e. The number of amides is 1. The summed E-state index contributed by atoms with van der Waals surface area (Å²) in [7, 11) is -3.74. The second-order valence-corrected chi connectivity index (χ2v) is 7.80. The molecule has 1 aromatic carbocycles. The Morgan fingerprint density at radius 1 is 1.13 bits per heavy atom. The number of hydrogen-bond acceptors (Lipinski definition) is 4. The molecule has 3 N–H and O–H groups in total. The van der Waals surface area contributed by atoms with Gasteiger partial charge in [-0.3, -0.25) is 4.79 Å². The van der Waals surface area contributed by atoms with Crippen molar-refractivity contribution < 1.29 is 13.2 Å². The Morgan fingerprint density at radius 2 is 1.87 bits per heavy atom. The van der Waals surface area contributed by atoms with Gasteiger partial charge in [0.25, 0.3) is 0 Å². The van der Waals surface area contributed by atoms with Crippen LogP contribution in [0.5, 0.6) is 0 Å². The minimum absolute atomic E-state index is 0.00520. The first-order chi connectivity index (χ1) is 10.9. The summed E-state index contributed by atoms with van der Waals surface area (Å²) in [6.07, 6.45) is 2.20. The van der Waals surface area contributed by atoms with Gasteiger partial charge in [0.15, 0.2) is 0 Å². The molecule has 2 aromatic rings. The fourth-order valence-electron chi connectivity index (χ4n) is 3.02. The molecule has 0 spiro atoms. The van der Waals surface area contributed by atoms with Crippen molar-refractivity contribution in [3.8, 4) is 0 Å². The standard InChI is InChI=1S/C14H16N4O4S/c19-13-5-8(7-18(13)9-1-2-9)17-23(21,22)10-3-4-11-12(6-10)16-14(20)15-11/h3-4,6,8-9,17H,1-2,5,7H2,(H2,15,16,20). The Bertz CT molecular complexity index is 941. The van der Waals surface area contributed by atoms with E-state index in [9.17, 15) is 18.0 Å². The monoisotopic (exact) mass is 336 g/mol. The second kappa shape index (κ2) is 4.93. The molecular formula is C14H16N4O4S. The third-order valence-corrected chi connectivity index (χ3v) is 5.78. The van der Waals surface area contributed by atoms with Crippen molar-refractivity contribution in [2.24, 2.45) is 0 Å². The molecule has 8 nitrogen and oxygen atoms in total. The fourth-order valence-corrected chi connectivity index (χ4v) is 4.27. The van der Waals surface area contributed by atoms with E-state index in [-0.39, 0.29) is 22.9 Å². The van der Waals surface area contributed by atoms with Crippen LogP contribution in [0, 0.1) is 0 Å². The summed E-state index contributed by atoms with van der Waals surface area (Å²) in [5, 5.41) is 0. The van der Waals surface area contributed by atoms with Crippen LogP contribution in [-0.2, 0) is 14.8 Å². The number of likely N-dealkylation sites (tertiary alicyclic amines) is 1. The number of benzene rings is 1. The van der Waals surface area contributed by atoms with E-state index in [4.69, 9.17) is 0 Å². The van der Waals surface area contributed by atoms with Crippen molar-refractivity contribution in [3.05, 3.63) is 28.7 Å². The van der Waals surface area contributed by atoms with Crippen molar-refractivity contribution in [3.63, 3.8) is 0 Å². The molecule has 2 heterocycles. The predicted molar refractivity (Wildman–Crippen MR) is 82.4 cm³/mol. The Hall–Kier alpha value is -2.13. The molecule has 122 valence electrons. The molecule has 1 saturated heterocycles. The maximum atomic E-state index is 12.5. The largest absolute Gasteiger partial charge is 0.338 e. The molecule has 2 fully saturated rings. The first kappa shape index (κ1) is 14.5. The van der Waals surface area contributed by atoms with Gasteiger partial charge in [-0.1, -0.05) is 0 Å². The molecule has 1 atom stereocenters. The van der Waals surface area contributed by atoms with Crippen molar-refractivity contribution in [1.29, 1.82) is 0 Å². The normalized spacial score (nSPS) is 22.2. The highest BCUT2D eigenvalue weighted by molar-refractivity contribution is 7.89. The summed E-state index contributed by atoms with van der Waals surface area (Å²) in [6.45, 7) is 0.423. The van der Waals surface area contributed by atoms with E-state index >= 15 is 0 Å². The quantitative estimate of drug-likeness (QED) is 0.723. The first-order valence-electron chi connectivity index (χ1n) is 7.46. The summed E-state index contributed by atoms with van der Waals surface area (Å²) >= 11 is 0. The zero-order valence-corrected chi connectivity index (χ0v) is 13.0. The SMILES string of the molecule is O=C1CC(NS(=O)(=O)c2ccc3[nH]c(=O)[nH]c3c2)CN1C1CC1. The molecule has 1 aliphatic carbocycles. The van der Waals surface area contributed by atoms with E-state index in [2.05, 4.69) is 14.7 Å². The molecule has 1 aromatic heterocycles. The zero-order valence-electron chi connectivity index (χ0n) is 12.2. The number of rotatable bonds is 4. The molecule has 1 unspecified atom stereocenters. The molecule has 0 radical (unpaired) electrons. The highest BCUT2D eigenvalue weighted by Gasteiger charge is 2.40. The summed E-state index contributed by atoms with van der Waals surface area (Å²) in [6, 6.07) is 4.26. The molecule has 1 amide bonds. The van der Waals surface area contributed by atoms with Crippen LogP contribution < -0.4 is 10.4 Å². The van der Waals surface area contributed by atoms with Crippen LogP contribution in [0.1, 0.15) is 19.3 Å². The van der Waals surface area contributed by atoms with Gasteiger partial charge in [0.05, 0.1) is 15.9 Å². The average molecular weight is 336 g/mol. The number of sulfonamides is 1. The van der Waals surface area contributed by atoms with Gasteiger partial charge in [-0.05, 0) is 31.0 Å². The molecular weight excluding hydrogens is 320 g/mol. The number of nitrogens with zero attached hydrogens (tertiary/aromatic N) is 1. The average Bonchev–Trinajstić information content (AvgIpc) is 3.15. The Morgan fingerprint density at radius 3 is 2.61 bits per heavy atom. The summed E-state index contributed by atoms with van der Waals surface area (Å²) in [5.41, 5.74) is 0.592. The van der Waals surface area contributed by atoms with Crippen LogP contribution in [0.2, 0.25) is 0 Å². The van der Waals surface area contributed by atoms with Crippen LogP contribution in [0.15, 0.2) is 27.9 Å². The van der Waals surface area contributed by atoms with Gasteiger partial charge in [-0.25, -0.2) is 17.9 Å². The van der Waals surface area contributed by atoms with Crippen LogP contribution >= 0.6 is 0 Å². The Labute approximate surface area is 131 Å². The molecule has 1 saturated carbocycles. The number of aromatic nitrogens is 2. The Kier molecular flexibility index (Phi) is 3.10. The highest BCUT2D eigenvalue weighted by Crippen LogP contribution is 2.31. The fraction of sp³-hybridized carbons (Fsp3) is 0.429. The topological polar surface area (TPSA) is 115 Å². The van der Waals surface area contributed by atoms with Gasteiger partial charge in [0.2, 0.25) is 15.9 Å². The molecule has 9 heteroatoms. The lowest BCUT2D eigenvalue weighted by atomic mass is 10.3. The van der Waals surface area contributed by atoms with Gasteiger partial charge < -0.3 is 14.9 Å². The van der Waals surface area contributed by atoms with E-state index in [1.807, 2.05) is 0 Å². The van der Waals surface area contributed by atoms with E-state index < -0.39 is 16.1 Å². The lowest BCUT2D eigenvalue weighted by Gasteiger charge is -2.16. The minimum Gasteiger partial charge on any atom is -0.338 e. The van der Waals surface area contributed by atoms with Crippen molar-refractivity contribution in [2.75, 3.05) is 6.54 Å². The van der Waals surface area contributed by atoms with Crippen molar-refractivity contribution in [2.45, 2.75) is 36.2 Å². The van der Waals surface area contributed by atoms with Gasteiger partial charge in [0, 0.05) is 25.0 Å². The number of hydrogen-bond donors (Lipinski definition) is 3. The first-order valence-corrected chi connectivity index (χ1v) is 8.94. The van der Waals surface area contributed by atoms with Gasteiger partial charge >= 0.3 is 5.69 Å². The van der Waals surface area contributed by atoms with Gasteiger partial charge in [-0.2, -0.15) is 0 Å². The third kappa shape index (κ3) is 2.66. The third-order valence-electron chi connectivity index (χ3n) is 4.27. The number of carbonyl (C=O) groups is 1. The van der Waals surface area contributed by atoms with Gasteiger partial charge in [0.1, 0.15) is 0 Å². The van der Waals surface area contributed by atoms with E-state index in [1.54, 1.807) is 4.90 Å². The molecule has 23 heavy (non-hydrogen) atoms. The summed E-state index contributed by atoms with van der Waals surface area (Å²) in [5.74, 6) is 0.00520. The van der Waals surface area contributed by atoms with Crippen LogP contribution in [0.25, 0.3) is 11.0 Å². The zero-order chi connectivity index (χ0) is 16.2. The molecule has 4 rings (SSSR count). The predicted octanol–water partition coefficient (Wildman–Crippen LogP) is -0.102. The number of carbonyl (C=O) groups excluding carboxylic acids is 1. The smallest absolute Gasteiger partial charge is 0.323 e. The summed E-state index contributed by atoms with van der Waals surface area (Å²) < 4.78 is 27.6. The number of aromatic amines is 2. The highest BCUT2D eigenvalue weighted by atomic mass is 32.2. The maximum absolute atomic E-state index is 12.5. The number of H-pyrrole nitrogens is 2. The molecule has 1 aliphatic heterocycles. The number of fused-ring (bicyclic) bond motifs is 1.